The van der Waals surface area contributed by atoms with E-state index in [2.05, 4.69) is 20.8 Å². The number of halogens is 1. The van der Waals surface area contributed by atoms with Gasteiger partial charge in [-0.25, -0.2) is 4.79 Å². The number of nitrogens with zero attached hydrogens (tertiary/aromatic N) is 1. The molecule has 1 aromatic rings. The lowest BCUT2D eigenvalue weighted by atomic mass is 10.1. The molecule has 0 unspecified atom stereocenters. The summed E-state index contributed by atoms with van der Waals surface area (Å²) < 4.78 is 0.646. The van der Waals surface area contributed by atoms with Crippen LogP contribution in [0.5, 0.6) is 0 Å². The quantitative estimate of drug-likeness (QED) is 0.928. The maximum absolute atomic E-state index is 11.3. The SMILES string of the molecule is CN(c1cccc(Br)c1C(=O)O)C1CCCC1. The molecule has 17 heavy (non-hydrogen) atoms. The van der Waals surface area contributed by atoms with E-state index in [-0.39, 0.29) is 0 Å². The Morgan fingerprint density at radius 2 is 2.06 bits per heavy atom. The summed E-state index contributed by atoms with van der Waals surface area (Å²) in [6.07, 6.45) is 4.79. The summed E-state index contributed by atoms with van der Waals surface area (Å²) in [6.45, 7) is 0. The molecule has 1 aliphatic rings. The molecule has 1 N–H and O–H groups in total. The molecule has 0 aromatic heterocycles. The molecular weight excluding hydrogens is 282 g/mol. The first-order valence-electron chi connectivity index (χ1n) is 5.86. The number of anilines is 1. The normalized spacial score (nSPS) is 16.1. The predicted molar refractivity (Wildman–Crippen MR) is 71.8 cm³/mol. The summed E-state index contributed by atoms with van der Waals surface area (Å²) in [5.74, 6) is -0.877. The third-order valence-corrected chi connectivity index (χ3v) is 4.12. The van der Waals surface area contributed by atoms with E-state index < -0.39 is 5.97 Å². The van der Waals surface area contributed by atoms with Gasteiger partial charge >= 0.3 is 5.97 Å². The molecule has 0 radical (unpaired) electrons. The Morgan fingerprint density at radius 1 is 1.41 bits per heavy atom. The Balaban J connectivity index is 2.36. The standard InChI is InChI=1S/C13H16BrNO2/c1-15(9-5-2-3-6-9)11-8-4-7-10(14)12(11)13(16)17/h4,7-9H,2-3,5-6H2,1H3,(H,16,17). The van der Waals surface area contributed by atoms with Crippen molar-refractivity contribution in [1.82, 2.24) is 0 Å². The van der Waals surface area contributed by atoms with Crippen molar-refractivity contribution in [2.45, 2.75) is 31.7 Å². The van der Waals surface area contributed by atoms with Gasteiger partial charge in [-0.15, -0.1) is 0 Å². The van der Waals surface area contributed by atoms with Crippen LogP contribution in [0.25, 0.3) is 0 Å². The third kappa shape index (κ3) is 2.46. The average Bonchev–Trinajstić information content (AvgIpc) is 2.80. The Kier molecular flexibility index (Phi) is 3.72. The molecule has 2 rings (SSSR count). The van der Waals surface area contributed by atoms with Crippen molar-refractivity contribution >= 4 is 27.6 Å². The highest BCUT2D eigenvalue weighted by Crippen LogP contribution is 2.32. The second-order valence-corrected chi connectivity index (χ2v) is 5.34. The van der Waals surface area contributed by atoms with Crippen molar-refractivity contribution in [3.63, 3.8) is 0 Å². The van der Waals surface area contributed by atoms with Crippen LogP contribution in [0.15, 0.2) is 22.7 Å². The minimum Gasteiger partial charge on any atom is -0.478 e. The zero-order valence-electron chi connectivity index (χ0n) is 9.82. The van der Waals surface area contributed by atoms with Crippen molar-refractivity contribution < 1.29 is 9.90 Å². The van der Waals surface area contributed by atoms with E-state index in [9.17, 15) is 9.90 Å². The molecule has 1 aromatic carbocycles. The van der Waals surface area contributed by atoms with Gasteiger partial charge in [-0.3, -0.25) is 0 Å². The van der Waals surface area contributed by atoms with Gasteiger partial charge in [0.25, 0.3) is 0 Å². The number of hydrogen-bond donors (Lipinski definition) is 1. The van der Waals surface area contributed by atoms with Gasteiger partial charge in [-0.05, 0) is 40.9 Å². The largest absolute Gasteiger partial charge is 0.478 e. The lowest BCUT2D eigenvalue weighted by Crippen LogP contribution is -2.30. The van der Waals surface area contributed by atoms with Gasteiger partial charge in [0.15, 0.2) is 0 Å². The summed E-state index contributed by atoms with van der Waals surface area (Å²) in [4.78, 5) is 13.4. The van der Waals surface area contributed by atoms with E-state index >= 15 is 0 Å². The molecule has 3 nitrogen and oxygen atoms in total. The molecule has 92 valence electrons. The molecule has 1 fully saturated rings. The van der Waals surface area contributed by atoms with Gasteiger partial charge in [-0.1, -0.05) is 18.9 Å². The molecule has 1 saturated carbocycles. The highest BCUT2D eigenvalue weighted by Gasteiger charge is 2.24. The Bertz CT molecular complexity index is 427. The number of carbonyl (C=O) groups is 1. The van der Waals surface area contributed by atoms with Gasteiger partial charge in [0, 0.05) is 17.6 Å². The first-order valence-corrected chi connectivity index (χ1v) is 6.65. The van der Waals surface area contributed by atoms with Crippen LogP contribution in [-0.2, 0) is 0 Å². The first kappa shape index (κ1) is 12.4. The number of rotatable bonds is 3. The van der Waals surface area contributed by atoms with E-state index in [1.165, 1.54) is 12.8 Å². The first-order chi connectivity index (χ1) is 8.11. The second kappa shape index (κ2) is 5.08. The van der Waals surface area contributed by atoms with Crippen LogP contribution >= 0.6 is 15.9 Å². The molecule has 1 aliphatic carbocycles. The molecule has 0 heterocycles. The van der Waals surface area contributed by atoms with Crippen LogP contribution in [-0.4, -0.2) is 24.2 Å². The zero-order chi connectivity index (χ0) is 12.4. The van der Waals surface area contributed by atoms with Crippen LogP contribution in [0.1, 0.15) is 36.0 Å². The highest BCUT2D eigenvalue weighted by molar-refractivity contribution is 9.10. The molecule has 0 bridgehead atoms. The van der Waals surface area contributed by atoms with Crippen LogP contribution in [0, 0.1) is 0 Å². The fourth-order valence-corrected chi connectivity index (χ4v) is 3.03. The lowest BCUT2D eigenvalue weighted by molar-refractivity contribution is 0.0696. The molecule has 4 heteroatoms. The zero-order valence-corrected chi connectivity index (χ0v) is 11.4. The van der Waals surface area contributed by atoms with Crippen molar-refractivity contribution in [2.24, 2.45) is 0 Å². The molecule has 0 saturated heterocycles. The maximum Gasteiger partial charge on any atom is 0.338 e. The van der Waals surface area contributed by atoms with E-state index in [0.29, 0.717) is 16.1 Å². The Labute approximate surface area is 110 Å². The lowest BCUT2D eigenvalue weighted by Gasteiger charge is -2.28. The fourth-order valence-electron chi connectivity index (χ4n) is 2.51. The van der Waals surface area contributed by atoms with Crippen LogP contribution in [0.2, 0.25) is 0 Å². The number of aromatic carboxylic acids is 1. The van der Waals surface area contributed by atoms with Gasteiger partial charge < -0.3 is 10.0 Å². The van der Waals surface area contributed by atoms with Crippen LogP contribution < -0.4 is 4.90 Å². The monoisotopic (exact) mass is 297 g/mol. The van der Waals surface area contributed by atoms with Gasteiger partial charge in [0.1, 0.15) is 0 Å². The molecule has 0 aliphatic heterocycles. The molecule has 0 atom stereocenters. The van der Waals surface area contributed by atoms with E-state index in [0.717, 1.165) is 18.5 Å². The maximum atomic E-state index is 11.3. The van der Waals surface area contributed by atoms with Crippen molar-refractivity contribution in [2.75, 3.05) is 11.9 Å². The number of carboxylic acids is 1. The summed E-state index contributed by atoms with van der Waals surface area (Å²) in [5.41, 5.74) is 1.17. The van der Waals surface area contributed by atoms with Crippen LogP contribution in [0.3, 0.4) is 0 Å². The Hall–Kier alpha value is -1.03. The minimum atomic E-state index is -0.877. The smallest absolute Gasteiger partial charge is 0.338 e. The minimum absolute atomic E-state index is 0.363. The number of hydrogen-bond acceptors (Lipinski definition) is 2. The van der Waals surface area contributed by atoms with Crippen molar-refractivity contribution in [3.05, 3.63) is 28.2 Å². The average molecular weight is 298 g/mol. The number of carboxylic acid groups (broad SMARTS) is 1. The van der Waals surface area contributed by atoms with E-state index in [4.69, 9.17) is 0 Å². The van der Waals surface area contributed by atoms with Crippen molar-refractivity contribution in [1.29, 1.82) is 0 Å². The highest BCUT2D eigenvalue weighted by atomic mass is 79.9. The fraction of sp³-hybridized carbons (Fsp3) is 0.462. The molecular formula is C13H16BrNO2. The molecule has 0 spiro atoms. The summed E-state index contributed by atoms with van der Waals surface area (Å²) in [7, 11) is 1.99. The Morgan fingerprint density at radius 3 is 2.65 bits per heavy atom. The van der Waals surface area contributed by atoms with Gasteiger partial charge in [0.05, 0.1) is 11.3 Å². The summed E-state index contributed by atoms with van der Waals surface area (Å²) >= 11 is 3.32. The van der Waals surface area contributed by atoms with Gasteiger partial charge in [0.2, 0.25) is 0 Å². The topological polar surface area (TPSA) is 40.5 Å². The number of benzene rings is 1. The third-order valence-electron chi connectivity index (χ3n) is 3.46. The second-order valence-electron chi connectivity index (χ2n) is 4.49. The molecule has 0 amide bonds. The summed E-state index contributed by atoms with van der Waals surface area (Å²) in [5, 5.41) is 9.28. The predicted octanol–water partition coefficient (Wildman–Crippen LogP) is 3.53. The van der Waals surface area contributed by atoms with Crippen LogP contribution in [0.4, 0.5) is 5.69 Å². The summed E-state index contributed by atoms with van der Waals surface area (Å²) in [6, 6.07) is 6.02. The van der Waals surface area contributed by atoms with Gasteiger partial charge in [-0.2, -0.15) is 0 Å². The van der Waals surface area contributed by atoms with E-state index in [1.807, 2.05) is 19.2 Å². The van der Waals surface area contributed by atoms with Crippen molar-refractivity contribution in [3.8, 4) is 0 Å². The van der Waals surface area contributed by atoms with E-state index in [1.54, 1.807) is 6.07 Å².